The van der Waals surface area contributed by atoms with Crippen molar-refractivity contribution in [1.29, 1.82) is 0 Å². The standard InChI is InChI=1S/C18H20N2O4/c1-22-15-9-10-16(23-2)14(11-15)12-19-20-18(21)17(24-3)13-7-5-4-6-8-13/h4-12,17H,1-3H3,(H,20,21)/b19-12-/t17-/m1/s1. The van der Waals surface area contributed by atoms with Crippen molar-refractivity contribution < 1.29 is 19.0 Å². The van der Waals surface area contributed by atoms with Gasteiger partial charge in [0.05, 0.1) is 20.4 Å². The molecule has 0 aliphatic rings. The van der Waals surface area contributed by atoms with Gasteiger partial charge in [0, 0.05) is 12.7 Å². The number of amides is 1. The van der Waals surface area contributed by atoms with E-state index in [2.05, 4.69) is 10.5 Å². The van der Waals surface area contributed by atoms with Crippen molar-refractivity contribution in [2.45, 2.75) is 6.10 Å². The molecule has 2 aromatic carbocycles. The van der Waals surface area contributed by atoms with Crippen LogP contribution in [0.4, 0.5) is 0 Å². The molecule has 0 aromatic heterocycles. The number of hydrogen-bond acceptors (Lipinski definition) is 5. The van der Waals surface area contributed by atoms with Crippen LogP contribution in [0.25, 0.3) is 0 Å². The molecule has 0 unspecified atom stereocenters. The van der Waals surface area contributed by atoms with Gasteiger partial charge in [-0.15, -0.1) is 0 Å². The first kappa shape index (κ1) is 17.5. The second-order valence-corrected chi connectivity index (χ2v) is 4.87. The minimum absolute atomic E-state index is 0.359. The van der Waals surface area contributed by atoms with Gasteiger partial charge in [0.25, 0.3) is 5.91 Å². The van der Waals surface area contributed by atoms with E-state index in [1.807, 2.05) is 30.3 Å². The van der Waals surface area contributed by atoms with Gasteiger partial charge in [-0.25, -0.2) is 5.43 Å². The summed E-state index contributed by atoms with van der Waals surface area (Å²) in [7, 11) is 4.62. The summed E-state index contributed by atoms with van der Waals surface area (Å²) in [6.45, 7) is 0. The van der Waals surface area contributed by atoms with E-state index in [4.69, 9.17) is 14.2 Å². The van der Waals surface area contributed by atoms with Gasteiger partial charge in [-0.2, -0.15) is 5.10 Å². The normalized spacial score (nSPS) is 12.0. The molecule has 0 aliphatic heterocycles. The Kier molecular flexibility index (Phi) is 6.33. The topological polar surface area (TPSA) is 69.2 Å². The largest absolute Gasteiger partial charge is 0.497 e. The van der Waals surface area contributed by atoms with Gasteiger partial charge < -0.3 is 14.2 Å². The molecule has 126 valence electrons. The van der Waals surface area contributed by atoms with E-state index in [1.54, 1.807) is 32.4 Å². The molecule has 6 heteroatoms. The van der Waals surface area contributed by atoms with E-state index < -0.39 is 6.10 Å². The minimum atomic E-state index is -0.726. The lowest BCUT2D eigenvalue weighted by atomic mass is 10.1. The molecule has 0 saturated heterocycles. The molecule has 1 amide bonds. The van der Waals surface area contributed by atoms with Gasteiger partial charge in [0.2, 0.25) is 0 Å². The van der Waals surface area contributed by atoms with E-state index in [0.29, 0.717) is 17.1 Å². The van der Waals surface area contributed by atoms with Crippen LogP contribution in [0.1, 0.15) is 17.2 Å². The summed E-state index contributed by atoms with van der Waals surface area (Å²) in [6.07, 6.45) is 0.771. The predicted molar refractivity (Wildman–Crippen MR) is 91.5 cm³/mol. The van der Waals surface area contributed by atoms with Gasteiger partial charge in [0.1, 0.15) is 11.5 Å². The maximum absolute atomic E-state index is 12.2. The van der Waals surface area contributed by atoms with Gasteiger partial charge in [-0.1, -0.05) is 30.3 Å². The lowest BCUT2D eigenvalue weighted by molar-refractivity contribution is -0.131. The molecular formula is C18H20N2O4. The summed E-state index contributed by atoms with van der Waals surface area (Å²) in [5, 5.41) is 3.98. The lowest BCUT2D eigenvalue weighted by Crippen LogP contribution is -2.26. The fourth-order valence-electron chi connectivity index (χ4n) is 2.19. The molecule has 6 nitrogen and oxygen atoms in total. The van der Waals surface area contributed by atoms with Crippen molar-refractivity contribution in [2.75, 3.05) is 21.3 Å². The summed E-state index contributed by atoms with van der Waals surface area (Å²) in [5.74, 6) is 0.935. The molecule has 0 heterocycles. The van der Waals surface area contributed by atoms with Crippen LogP contribution in [0.15, 0.2) is 53.6 Å². The van der Waals surface area contributed by atoms with Crippen LogP contribution in [-0.2, 0) is 9.53 Å². The molecule has 0 radical (unpaired) electrons. The summed E-state index contributed by atoms with van der Waals surface area (Å²) in [4.78, 5) is 12.2. The molecule has 0 bridgehead atoms. The SMILES string of the molecule is COc1ccc(OC)c(/C=N\NC(=O)[C@H](OC)c2ccccc2)c1. The number of rotatable bonds is 7. The Morgan fingerprint density at radius 1 is 1.08 bits per heavy atom. The van der Waals surface area contributed by atoms with Crippen LogP contribution in [-0.4, -0.2) is 33.5 Å². The summed E-state index contributed by atoms with van der Waals surface area (Å²) < 4.78 is 15.7. The molecule has 1 N–H and O–H groups in total. The molecular weight excluding hydrogens is 308 g/mol. The number of hydrogen-bond donors (Lipinski definition) is 1. The Bertz CT molecular complexity index is 701. The van der Waals surface area contributed by atoms with Crippen LogP contribution < -0.4 is 14.9 Å². The van der Waals surface area contributed by atoms with E-state index >= 15 is 0 Å². The van der Waals surface area contributed by atoms with Gasteiger partial charge >= 0.3 is 0 Å². The highest BCUT2D eigenvalue weighted by Gasteiger charge is 2.19. The molecule has 2 aromatic rings. The fourth-order valence-corrected chi connectivity index (χ4v) is 2.19. The first-order chi connectivity index (χ1) is 11.7. The highest BCUT2D eigenvalue weighted by atomic mass is 16.5. The molecule has 0 aliphatic carbocycles. The Morgan fingerprint density at radius 3 is 2.46 bits per heavy atom. The maximum Gasteiger partial charge on any atom is 0.273 e. The average Bonchev–Trinajstić information content (AvgIpc) is 2.63. The Morgan fingerprint density at radius 2 is 1.83 bits per heavy atom. The van der Waals surface area contributed by atoms with E-state index in [0.717, 1.165) is 5.56 Å². The number of benzene rings is 2. The van der Waals surface area contributed by atoms with E-state index in [-0.39, 0.29) is 5.91 Å². The predicted octanol–water partition coefficient (Wildman–Crippen LogP) is 2.54. The third-order valence-corrected chi connectivity index (χ3v) is 3.39. The second-order valence-electron chi connectivity index (χ2n) is 4.87. The fraction of sp³-hybridized carbons (Fsp3) is 0.222. The first-order valence-corrected chi connectivity index (χ1v) is 7.32. The number of nitrogens with zero attached hydrogens (tertiary/aromatic N) is 1. The highest BCUT2D eigenvalue weighted by Crippen LogP contribution is 2.22. The summed E-state index contributed by atoms with van der Waals surface area (Å²) >= 11 is 0. The van der Waals surface area contributed by atoms with Crippen LogP contribution in [0.5, 0.6) is 11.5 Å². The van der Waals surface area contributed by atoms with Crippen LogP contribution in [0, 0.1) is 0 Å². The van der Waals surface area contributed by atoms with Crippen molar-refractivity contribution in [2.24, 2.45) is 5.10 Å². The number of hydrazone groups is 1. The summed E-state index contributed by atoms with van der Waals surface area (Å²) in [6, 6.07) is 14.5. The number of nitrogens with one attached hydrogen (secondary N) is 1. The van der Waals surface area contributed by atoms with Crippen molar-refractivity contribution in [1.82, 2.24) is 5.43 Å². The highest BCUT2D eigenvalue weighted by molar-refractivity contribution is 5.87. The molecule has 0 fully saturated rings. The Balaban J connectivity index is 2.09. The zero-order valence-electron chi connectivity index (χ0n) is 13.9. The zero-order chi connectivity index (χ0) is 17.4. The summed E-state index contributed by atoms with van der Waals surface area (Å²) in [5.41, 5.74) is 3.92. The number of methoxy groups -OCH3 is 3. The van der Waals surface area contributed by atoms with Crippen molar-refractivity contribution in [3.05, 3.63) is 59.7 Å². The monoisotopic (exact) mass is 328 g/mol. The van der Waals surface area contributed by atoms with Crippen LogP contribution in [0.3, 0.4) is 0 Å². The number of carbonyl (C=O) groups is 1. The Hall–Kier alpha value is -2.86. The van der Waals surface area contributed by atoms with Gasteiger partial charge in [-0.3, -0.25) is 4.79 Å². The average molecular weight is 328 g/mol. The first-order valence-electron chi connectivity index (χ1n) is 7.32. The van der Waals surface area contributed by atoms with E-state index in [1.165, 1.54) is 13.3 Å². The van der Waals surface area contributed by atoms with Crippen LogP contribution in [0.2, 0.25) is 0 Å². The lowest BCUT2D eigenvalue weighted by Gasteiger charge is -2.13. The van der Waals surface area contributed by atoms with Gasteiger partial charge in [-0.05, 0) is 23.8 Å². The maximum atomic E-state index is 12.2. The second kappa shape index (κ2) is 8.69. The van der Waals surface area contributed by atoms with Crippen molar-refractivity contribution >= 4 is 12.1 Å². The molecule has 24 heavy (non-hydrogen) atoms. The smallest absolute Gasteiger partial charge is 0.273 e. The Labute approximate surface area is 141 Å². The van der Waals surface area contributed by atoms with Crippen LogP contribution >= 0.6 is 0 Å². The number of ether oxygens (including phenoxy) is 3. The minimum Gasteiger partial charge on any atom is -0.497 e. The quantitative estimate of drug-likeness (QED) is 0.626. The molecule has 1 atom stereocenters. The third kappa shape index (κ3) is 4.33. The number of carbonyl (C=O) groups excluding carboxylic acids is 1. The van der Waals surface area contributed by atoms with E-state index in [9.17, 15) is 4.79 Å². The van der Waals surface area contributed by atoms with Crippen molar-refractivity contribution in [3.8, 4) is 11.5 Å². The third-order valence-electron chi connectivity index (χ3n) is 3.39. The van der Waals surface area contributed by atoms with Gasteiger partial charge in [0.15, 0.2) is 6.10 Å². The molecule has 0 spiro atoms. The molecule has 2 rings (SSSR count). The molecule has 0 saturated carbocycles. The van der Waals surface area contributed by atoms with Crippen molar-refractivity contribution in [3.63, 3.8) is 0 Å². The zero-order valence-corrected chi connectivity index (χ0v) is 13.9.